The van der Waals surface area contributed by atoms with Crippen LogP contribution in [0.2, 0.25) is 0 Å². The molecule has 0 aromatic heterocycles. The van der Waals surface area contributed by atoms with E-state index in [2.05, 4.69) is 0 Å². The Hall–Kier alpha value is -2.95. The number of nitrogens with zero attached hydrogens (tertiary/aromatic N) is 1. The van der Waals surface area contributed by atoms with Crippen LogP contribution in [0, 0.1) is 10.1 Å². The SMILES string of the molecule is CCOc1ccccc1/C=C/C(=O)c1ccccc1[N+](=O)[O-]. The highest BCUT2D eigenvalue weighted by molar-refractivity contribution is 6.09. The third-order valence-corrected chi connectivity index (χ3v) is 3.00. The molecule has 0 N–H and O–H groups in total. The minimum atomic E-state index is -0.560. The van der Waals surface area contributed by atoms with Crippen molar-refractivity contribution in [2.45, 2.75) is 6.92 Å². The van der Waals surface area contributed by atoms with Crippen molar-refractivity contribution in [1.29, 1.82) is 0 Å². The molecule has 0 amide bonds. The van der Waals surface area contributed by atoms with Crippen LogP contribution >= 0.6 is 0 Å². The van der Waals surface area contributed by atoms with E-state index in [0.29, 0.717) is 12.4 Å². The van der Waals surface area contributed by atoms with Gasteiger partial charge < -0.3 is 4.74 Å². The Morgan fingerprint density at radius 3 is 2.59 bits per heavy atom. The van der Waals surface area contributed by atoms with E-state index >= 15 is 0 Å². The predicted molar refractivity (Wildman–Crippen MR) is 84.1 cm³/mol. The third-order valence-electron chi connectivity index (χ3n) is 3.00. The van der Waals surface area contributed by atoms with E-state index in [4.69, 9.17) is 4.74 Å². The van der Waals surface area contributed by atoms with Crippen molar-refractivity contribution in [2.24, 2.45) is 0 Å². The van der Waals surface area contributed by atoms with Crippen molar-refractivity contribution in [3.05, 3.63) is 75.8 Å². The molecule has 0 aliphatic carbocycles. The second kappa shape index (κ2) is 7.17. The number of allylic oxidation sites excluding steroid dienone is 1. The number of ether oxygens (including phenoxy) is 1. The highest BCUT2D eigenvalue weighted by Gasteiger charge is 2.16. The van der Waals surface area contributed by atoms with Gasteiger partial charge in [0.05, 0.1) is 17.1 Å². The van der Waals surface area contributed by atoms with Gasteiger partial charge in [0, 0.05) is 11.6 Å². The van der Waals surface area contributed by atoms with E-state index in [1.165, 1.54) is 24.3 Å². The van der Waals surface area contributed by atoms with Crippen LogP contribution in [0.15, 0.2) is 54.6 Å². The third kappa shape index (κ3) is 3.58. The first-order chi connectivity index (χ1) is 10.6. The molecule has 22 heavy (non-hydrogen) atoms. The van der Waals surface area contributed by atoms with E-state index in [1.54, 1.807) is 18.2 Å². The first kappa shape index (κ1) is 15.4. The minimum Gasteiger partial charge on any atom is -0.493 e. The summed E-state index contributed by atoms with van der Waals surface area (Å²) in [4.78, 5) is 22.6. The summed E-state index contributed by atoms with van der Waals surface area (Å²) in [6, 6.07) is 13.2. The molecule has 0 unspecified atom stereocenters. The smallest absolute Gasteiger partial charge is 0.280 e. The fraction of sp³-hybridized carbons (Fsp3) is 0.118. The summed E-state index contributed by atoms with van der Waals surface area (Å²) in [6.45, 7) is 2.39. The zero-order valence-electron chi connectivity index (χ0n) is 12.1. The molecule has 0 spiro atoms. The molecule has 5 nitrogen and oxygen atoms in total. The zero-order valence-corrected chi connectivity index (χ0v) is 12.1. The number of ketones is 1. The normalized spacial score (nSPS) is 10.6. The molecule has 0 atom stereocenters. The van der Waals surface area contributed by atoms with Gasteiger partial charge in [-0.1, -0.05) is 30.3 Å². The van der Waals surface area contributed by atoms with Crippen LogP contribution in [-0.2, 0) is 0 Å². The van der Waals surface area contributed by atoms with E-state index < -0.39 is 10.7 Å². The van der Waals surface area contributed by atoms with Gasteiger partial charge in [-0.25, -0.2) is 0 Å². The monoisotopic (exact) mass is 297 g/mol. The first-order valence-electron chi connectivity index (χ1n) is 6.81. The van der Waals surface area contributed by atoms with Gasteiger partial charge in [0.25, 0.3) is 5.69 Å². The lowest BCUT2D eigenvalue weighted by molar-refractivity contribution is -0.385. The molecule has 2 aromatic rings. The summed E-state index contributed by atoms with van der Waals surface area (Å²) in [5.74, 6) is 0.246. The molecule has 0 saturated carbocycles. The molecule has 112 valence electrons. The van der Waals surface area contributed by atoms with E-state index in [-0.39, 0.29) is 11.3 Å². The van der Waals surface area contributed by atoms with Gasteiger partial charge in [-0.2, -0.15) is 0 Å². The lowest BCUT2D eigenvalue weighted by Crippen LogP contribution is -2.01. The lowest BCUT2D eigenvalue weighted by atomic mass is 10.1. The van der Waals surface area contributed by atoms with Crippen LogP contribution in [0.1, 0.15) is 22.8 Å². The van der Waals surface area contributed by atoms with Crippen molar-refractivity contribution in [1.82, 2.24) is 0 Å². The Balaban J connectivity index is 2.28. The van der Waals surface area contributed by atoms with Gasteiger partial charge in [0.15, 0.2) is 5.78 Å². The molecule has 0 aliphatic rings. The standard InChI is InChI=1S/C17H15NO4/c1-2-22-17-10-6-3-7-13(17)11-12-16(19)14-8-4-5-9-15(14)18(20)21/h3-12H,2H2,1H3/b12-11+. The maximum atomic E-state index is 12.2. The molecule has 5 heteroatoms. The maximum Gasteiger partial charge on any atom is 0.280 e. The molecule has 0 heterocycles. The van der Waals surface area contributed by atoms with E-state index in [1.807, 2.05) is 25.1 Å². The largest absolute Gasteiger partial charge is 0.493 e. The Morgan fingerprint density at radius 1 is 1.18 bits per heavy atom. The number of nitro groups is 1. The van der Waals surface area contributed by atoms with Crippen molar-refractivity contribution in [2.75, 3.05) is 6.61 Å². The van der Waals surface area contributed by atoms with E-state index in [0.717, 1.165) is 5.56 Å². The second-order valence-corrected chi connectivity index (χ2v) is 4.44. The number of para-hydroxylation sites is 2. The number of carbonyl (C=O) groups excluding carboxylic acids is 1. The molecule has 2 rings (SSSR count). The van der Waals surface area contributed by atoms with Crippen LogP contribution in [-0.4, -0.2) is 17.3 Å². The van der Waals surface area contributed by atoms with E-state index in [9.17, 15) is 14.9 Å². The summed E-state index contributed by atoms with van der Waals surface area (Å²) in [5.41, 5.74) is 0.615. The molecule has 0 saturated heterocycles. The summed E-state index contributed by atoms with van der Waals surface area (Å²) in [7, 11) is 0. The van der Waals surface area contributed by atoms with Gasteiger partial charge >= 0.3 is 0 Å². The Kier molecular flexibility index (Phi) is 5.03. The fourth-order valence-electron chi connectivity index (χ4n) is 2.00. The van der Waals surface area contributed by atoms with Crippen LogP contribution < -0.4 is 4.74 Å². The Bertz CT molecular complexity index is 722. The van der Waals surface area contributed by atoms with Crippen molar-refractivity contribution in [3.63, 3.8) is 0 Å². The number of hydrogen-bond acceptors (Lipinski definition) is 4. The molecule has 0 bridgehead atoms. The Morgan fingerprint density at radius 2 is 1.86 bits per heavy atom. The molecular formula is C17H15NO4. The lowest BCUT2D eigenvalue weighted by Gasteiger charge is -2.06. The van der Waals surface area contributed by atoms with Crippen molar-refractivity contribution < 1.29 is 14.5 Å². The highest BCUT2D eigenvalue weighted by atomic mass is 16.6. The van der Waals surface area contributed by atoms with Crippen molar-refractivity contribution in [3.8, 4) is 5.75 Å². The summed E-state index contributed by atoms with van der Waals surface area (Å²) < 4.78 is 5.47. The van der Waals surface area contributed by atoms with Gasteiger partial charge in [0.2, 0.25) is 0 Å². The number of hydrogen-bond donors (Lipinski definition) is 0. The molecule has 2 aromatic carbocycles. The summed E-state index contributed by atoms with van der Waals surface area (Å²) in [6.07, 6.45) is 2.92. The predicted octanol–water partition coefficient (Wildman–Crippen LogP) is 3.89. The van der Waals surface area contributed by atoms with Gasteiger partial charge in [-0.05, 0) is 31.2 Å². The van der Waals surface area contributed by atoms with Crippen molar-refractivity contribution >= 4 is 17.5 Å². The quantitative estimate of drug-likeness (QED) is 0.351. The number of nitro benzene ring substituents is 1. The van der Waals surface area contributed by atoms with Crippen LogP contribution in [0.25, 0.3) is 6.08 Å². The van der Waals surface area contributed by atoms with Crippen LogP contribution in [0.5, 0.6) is 5.75 Å². The molecule has 0 fully saturated rings. The second-order valence-electron chi connectivity index (χ2n) is 4.44. The number of benzene rings is 2. The molecule has 0 radical (unpaired) electrons. The summed E-state index contributed by atoms with van der Waals surface area (Å²) in [5, 5.41) is 10.9. The average molecular weight is 297 g/mol. The van der Waals surface area contributed by atoms with Gasteiger partial charge in [0.1, 0.15) is 5.75 Å². The maximum absolute atomic E-state index is 12.2. The zero-order chi connectivity index (χ0) is 15.9. The summed E-state index contributed by atoms with van der Waals surface area (Å²) >= 11 is 0. The Labute approximate surface area is 128 Å². The fourth-order valence-corrected chi connectivity index (χ4v) is 2.00. The topological polar surface area (TPSA) is 69.4 Å². The highest BCUT2D eigenvalue weighted by Crippen LogP contribution is 2.22. The van der Waals surface area contributed by atoms with Gasteiger partial charge in [-0.15, -0.1) is 0 Å². The van der Waals surface area contributed by atoms with Crippen LogP contribution in [0.4, 0.5) is 5.69 Å². The first-order valence-corrected chi connectivity index (χ1v) is 6.81. The average Bonchev–Trinajstić information content (AvgIpc) is 2.54. The number of carbonyl (C=O) groups is 1. The molecule has 0 aliphatic heterocycles. The minimum absolute atomic E-state index is 0.0673. The molecular weight excluding hydrogens is 282 g/mol. The van der Waals surface area contributed by atoms with Crippen LogP contribution in [0.3, 0.4) is 0 Å². The van der Waals surface area contributed by atoms with Gasteiger partial charge in [-0.3, -0.25) is 14.9 Å². The number of rotatable bonds is 6.